The molecule has 0 bridgehead atoms. The number of rotatable bonds is 4. The van der Waals surface area contributed by atoms with Gasteiger partial charge in [-0.2, -0.15) is 0 Å². The summed E-state index contributed by atoms with van der Waals surface area (Å²) in [5, 5.41) is 0. The molecular formula is C22H22BrNO. The van der Waals surface area contributed by atoms with Crippen LogP contribution in [0.25, 0.3) is 0 Å². The topological polar surface area (TPSA) is 20.3 Å². The molecule has 0 N–H and O–H groups in total. The van der Waals surface area contributed by atoms with Crippen LogP contribution in [0.1, 0.15) is 37.9 Å². The van der Waals surface area contributed by atoms with Crippen LogP contribution in [0.5, 0.6) is 0 Å². The van der Waals surface area contributed by atoms with E-state index >= 15 is 0 Å². The van der Waals surface area contributed by atoms with E-state index in [4.69, 9.17) is 0 Å². The quantitative estimate of drug-likeness (QED) is 0.504. The number of hydrogen-bond donors (Lipinski definition) is 0. The van der Waals surface area contributed by atoms with E-state index in [1.54, 1.807) is 11.0 Å². The van der Waals surface area contributed by atoms with Gasteiger partial charge in [0.15, 0.2) is 0 Å². The number of carbonyl (C=O) groups is 1. The Morgan fingerprint density at radius 2 is 1.76 bits per heavy atom. The van der Waals surface area contributed by atoms with E-state index in [0.717, 1.165) is 21.2 Å². The third kappa shape index (κ3) is 5.62. The van der Waals surface area contributed by atoms with Crippen molar-refractivity contribution in [1.29, 1.82) is 0 Å². The van der Waals surface area contributed by atoms with Crippen LogP contribution in [-0.4, -0.2) is 17.4 Å². The molecule has 2 rings (SSSR count). The monoisotopic (exact) mass is 395 g/mol. The lowest BCUT2D eigenvalue weighted by molar-refractivity contribution is -0.127. The molecule has 0 aliphatic carbocycles. The van der Waals surface area contributed by atoms with Gasteiger partial charge in [-0.3, -0.25) is 4.79 Å². The molecule has 1 atom stereocenters. The summed E-state index contributed by atoms with van der Waals surface area (Å²) < 4.78 is 1.00. The van der Waals surface area contributed by atoms with Gasteiger partial charge in [-0.1, -0.05) is 63.7 Å². The van der Waals surface area contributed by atoms with Crippen molar-refractivity contribution in [2.45, 2.75) is 26.8 Å². The van der Waals surface area contributed by atoms with Gasteiger partial charge in [0.2, 0.25) is 5.91 Å². The molecule has 128 valence electrons. The second kappa shape index (κ2) is 9.25. The zero-order valence-corrected chi connectivity index (χ0v) is 16.4. The molecular weight excluding hydrogens is 374 g/mol. The van der Waals surface area contributed by atoms with Gasteiger partial charge >= 0.3 is 0 Å². The number of carbonyl (C=O) groups excluding carboxylic acids is 1. The molecule has 3 heteroatoms. The molecule has 0 saturated heterocycles. The van der Waals surface area contributed by atoms with Crippen LogP contribution >= 0.6 is 15.9 Å². The van der Waals surface area contributed by atoms with Gasteiger partial charge in [0, 0.05) is 22.7 Å². The Morgan fingerprint density at radius 1 is 1.12 bits per heavy atom. The molecule has 2 aromatic rings. The van der Waals surface area contributed by atoms with Gasteiger partial charge in [-0.15, -0.1) is 0 Å². The molecule has 0 spiro atoms. The van der Waals surface area contributed by atoms with Crippen LogP contribution in [0, 0.1) is 11.8 Å². The molecule has 0 aromatic heterocycles. The summed E-state index contributed by atoms with van der Waals surface area (Å²) in [6, 6.07) is 17.5. The Kier molecular flexibility index (Phi) is 7.03. The van der Waals surface area contributed by atoms with E-state index in [1.807, 2.05) is 75.4 Å². The van der Waals surface area contributed by atoms with Crippen molar-refractivity contribution in [2.24, 2.45) is 0 Å². The maximum absolute atomic E-state index is 12.7. The first-order valence-corrected chi connectivity index (χ1v) is 9.08. The maximum atomic E-state index is 12.7. The fourth-order valence-electron chi connectivity index (χ4n) is 2.45. The number of likely N-dealkylation sites (N-methyl/N-ethyl adjacent to an activating group) is 1. The van der Waals surface area contributed by atoms with Crippen LogP contribution in [0.2, 0.25) is 0 Å². The molecule has 0 radical (unpaired) electrons. The summed E-state index contributed by atoms with van der Waals surface area (Å²) in [5.41, 5.74) is 2.92. The number of hydrogen-bond acceptors (Lipinski definition) is 1. The molecule has 0 fully saturated rings. The standard InChI is InChI=1S/C22H22BrNO/c1-4-24(22(25)16-17(2)3)21(19-11-13-20(23)14-12-19)15-10-18-8-6-5-7-9-18/h5-9,11-14,16,21H,4H2,1-3H3. The summed E-state index contributed by atoms with van der Waals surface area (Å²) in [5.74, 6) is 6.48. The second-order valence-corrected chi connectivity index (χ2v) is 6.85. The van der Waals surface area contributed by atoms with E-state index in [2.05, 4.69) is 27.8 Å². The number of amides is 1. The Bertz CT molecular complexity index is 793. The molecule has 0 aliphatic heterocycles. The Hall–Kier alpha value is -2.31. The fraction of sp³-hybridized carbons (Fsp3) is 0.227. The molecule has 0 heterocycles. The SMILES string of the molecule is CCN(C(=O)C=C(C)C)C(C#Cc1ccccc1)c1ccc(Br)cc1. The van der Waals surface area contributed by atoms with Gasteiger partial charge in [0.1, 0.15) is 6.04 Å². The minimum atomic E-state index is -0.290. The zero-order valence-electron chi connectivity index (χ0n) is 14.8. The smallest absolute Gasteiger partial charge is 0.247 e. The van der Waals surface area contributed by atoms with Gasteiger partial charge in [0.05, 0.1) is 0 Å². The summed E-state index contributed by atoms with van der Waals surface area (Å²) in [6.07, 6.45) is 1.67. The van der Waals surface area contributed by atoms with Crippen molar-refractivity contribution in [3.8, 4) is 11.8 Å². The summed E-state index contributed by atoms with van der Waals surface area (Å²) in [7, 11) is 0. The van der Waals surface area contributed by atoms with Crippen molar-refractivity contribution < 1.29 is 4.79 Å². The van der Waals surface area contributed by atoms with Crippen LogP contribution in [0.3, 0.4) is 0 Å². The molecule has 1 unspecified atom stereocenters. The minimum absolute atomic E-state index is 0.0159. The molecule has 2 aromatic carbocycles. The van der Waals surface area contributed by atoms with Gasteiger partial charge in [-0.25, -0.2) is 0 Å². The predicted molar refractivity (Wildman–Crippen MR) is 107 cm³/mol. The lowest BCUT2D eigenvalue weighted by atomic mass is 10.0. The third-order valence-electron chi connectivity index (χ3n) is 3.66. The Balaban J connectivity index is 2.44. The van der Waals surface area contributed by atoms with Gasteiger partial charge in [0.25, 0.3) is 0 Å². The van der Waals surface area contributed by atoms with Crippen LogP contribution in [-0.2, 0) is 4.79 Å². The molecule has 0 aliphatic rings. The first-order valence-electron chi connectivity index (χ1n) is 8.28. The highest BCUT2D eigenvalue weighted by molar-refractivity contribution is 9.10. The van der Waals surface area contributed by atoms with Crippen LogP contribution in [0.4, 0.5) is 0 Å². The Morgan fingerprint density at radius 3 is 2.32 bits per heavy atom. The zero-order chi connectivity index (χ0) is 18.2. The van der Waals surface area contributed by atoms with Crippen LogP contribution in [0.15, 0.2) is 70.7 Å². The summed E-state index contributed by atoms with van der Waals surface area (Å²) in [4.78, 5) is 14.4. The van der Waals surface area contributed by atoms with Crippen molar-refractivity contribution in [3.05, 3.63) is 81.8 Å². The summed E-state index contributed by atoms with van der Waals surface area (Å²) in [6.45, 7) is 6.42. The van der Waals surface area contributed by atoms with Gasteiger partial charge in [-0.05, 0) is 50.6 Å². The van der Waals surface area contributed by atoms with E-state index < -0.39 is 0 Å². The third-order valence-corrected chi connectivity index (χ3v) is 4.19. The average molecular weight is 396 g/mol. The van der Waals surface area contributed by atoms with E-state index in [9.17, 15) is 4.79 Å². The molecule has 0 saturated carbocycles. The Labute approximate surface area is 158 Å². The molecule has 1 amide bonds. The highest BCUT2D eigenvalue weighted by atomic mass is 79.9. The highest BCUT2D eigenvalue weighted by Crippen LogP contribution is 2.23. The van der Waals surface area contributed by atoms with Crippen molar-refractivity contribution >= 4 is 21.8 Å². The predicted octanol–water partition coefficient (Wildman–Crippen LogP) is 5.36. The second-order valence-electron chi connectivity index (χ2n) is 5.94. The lowest BCUT2D eigenvalue weighted by Crippen LogP contribution is -2.33. The van der Waals surface area contributed by atoms with Crippen LogP contribution < -0.4 is 0 Å². The largest absolute Gasteiger partial charge is 0.321 e. The number of benzene rings is 2. The highest BCUT2D eigenvalue weighted by Gasteiger charge is 2.21. The first kappa shape index (κ1) is 19.0. The van der Waals surface area contributed by atoms with Crippen molar-refractivity contribution in [2.75, 3.05) is 6.54 Å². The van der Waals surface area contributed by atoms with Gasteiger partial charge < -0.3 is 4.90 Å². The number of allylic oxidation sites excluding steroid dienone is 1. The lowest BCUT2D eigenvalue weighted by Gasteiger charge is -2.27. The van der Waals surface area contributed by atoms with Crippen molar-refractivity contribution in [3.63, 3.8) is 0 Å². The van der Waals surface area contributed by atoms with Crippen molar-refractivity contribution in [1.82, 2.24) is 4.90 Å². The van der Waals surface area contributed by atoms with E-state index in [0.29, 0.717) is 6.54 Å². The minimum Gasteiger partial charge on any atom is -0.321 e. The average Bonchev–Trinajstić information content (AvgIpc) is 2.59. The fourth-order valence-corrected chi connectivity index (χ4v) is 2.72. The number of halogens is 1. The summed E-state index contributed by atoms with van der Waals surface area (Å²) >= 11 is 3.46. The molecule has 2 nitrogen and oxygen atoms in total. The van der Waals surface area contributed by atoms with E-state index in [1.165, 1.54) is 0 Å². The molecule has 25 heavy (non-hydrogen) atoms. The maximum Gasteiger partial charge on any atom is 0.247 e. The number of nitrogens with zero attached hydrogens (tertiary/aromatic N) is 1. The van der Waals surface area contributed by atoms with E-state index in [-0.39, 0.29) is 11.9 Å². The first-order chi connectivity index (χ1) is 12.0. The normalized spacial score (nSPS) is 11.0.